The van der Waals surface area contributed by atoms with Gasteiger partial charge in [-0.3, -0.25) is 4.79 Å². The van der Waals surface area contributed by atoms with E-state index in [9.17, 15) is 13.2 Å². The summed E-state index contributed by atoms with van der Waals surface area (Å²) < 4.78 is 22.5. The molecule has 1 amide bonds. The van der Waals surface area contributed by atoms with Crippen molar-refractivity contribution >= 4 is 15.9 Å². The van der Waals surface area contributed by atoms with Gasteiger partial charge >= 0.3 is 0 Å². The fourth-order valence-corrected chi connectivity index (χ4v) is 2.89. The molecule has 23 heavy (non-hydrogen) atoms. The Kier molecular flexibility index (Phi) is 4.87. The van der Waals surface area contributed by atoms with Gasteiger partial charge in [0.25, 0.3) is 5.91 Å². The SMILES string of the molecule is Cc1ccc(C(=O)NC(C)c2ccc(S(N)(=O)=O)cc2)c(C)c1. The number of nitrogens with one attached hydrogen (secondary N) is 1. The first-order chi connectivity index (χ1) is 10.7. The molecule has 5 nitrogen and oxygen atoms in total. The Morgan fingerprint density at radius 3 is 2.22 bits per heavy atom. The molecule has 2 aromatic carbocycles. The number of amides is 1. The highest BCUT2D eigenvalue weighted by Gasteiger charge is 2.14. The first kappa shape index (κ1) is 17.2. The summed E-state index contributed by atoms with van der Waals surface area (Å²) in [5.74, 6) is -0.162. The predicted molar refractivity (Wildman–Crippen MR) is 89.6 cm³/mol. The van der Waals surface area contributed by atoms with Gasteiger partial charge in [0.2, 0.25) is 10.0 Å². The standard InChI is InChI=1S/C17H20N2O3S/c1-11-4-9-16(12(2)10-11)17(20)19-13(3)14-5-7-15(8-6-14)23(18,21)22/h4-10,13H,1-3H3,(H,19,20)(H2,18,21,22). The molecule has 6 heteroatoms. The lowest BCUT2D eigenvalue weighted by Gasteiger charge is -2.16. The van der Waals surface area contributed by atoms with Crippen LogP contribution in [0.4, 0.5) is 0 Å². The maximum absolute atomic E-state index is 12.4. The second-order valence-corrected chi connectivity index (χ2v) is 7.19. The number of sulfonamides is 1. The van der Waals surface area contributed by atoms with Crippen LogP contribution in [0.25, 0.3) is 0 Å². The van der Waals surface area contributed by atoms with E-state index in [1.165, 1.54) is 12.1 Å². The van der Waals surface area contributed by atoms with Crippen LogP contribution in [0, 0.1) is 13.8 Å². The summed E-state index contributed by atoms with van der Waals surface area (Å²) in [6.07, 6.45) is 0. The fraction of sp³-hybridized carbons (Fsp3) is 0.235. The van der Waals surface area contributed by atoms with Crippen LogP contribution in [0.1, 0.15) is 40.0 Å². The van der Waals surface area contributed by atoms with Gasteiger partial charge in [0.1, 0.15) is 0 Å². The Morgan fingerprint density at radius 2 is 1.70 bits per heavy atom. The van der Waals surface area contributed by atoms with Gasteiger partial charge in [-0.2, -0.15) is 0 Å². The topological polar surface area (TPSA) is 89.3 Å². The summed E-state index contributed by atoms with van der Waals surface area (Å²) >= 11 is 0. The quantitative estimate of drug-likeness (QED) is 0.901. The lowest BCUT2D eigenvalue weighted by molar-refractivity contribution is 0.0939. The van der Waals surface area contributed by atoms with Gasteiger partial charge in [-0.05, 0) is 50.1 Å². The van der Waals surface area contributed by atoms with Crippen molar-refractivity contribution in [2.24, 2.45) is 5.14 Å². The zero-order valence-corrected chi connectivity index (χ0v) is 14.1. The third-order valence-electron chi connectivity index (χ3n) is 3.68. The molecule has 0 saturated heterocycles. The molecule has 0 aromatic heterocycles. The maximum atomic E-state index is 12.4. The number of rotatable bonds is 4. The lowest BCUT2D eigenvalue weighted by Crippen LogP contribution is -2.27. The summed E-state index contributed by atoms with van der Waals surface area (Å²) in [5, 5.41) is 7.98. The molecule has 1 unspecified atom stereocenters. The highest BCUT2D eigenvalue weighted by atomic mass is 32.2. The highest BCUT2D eigenvalue weighted by Crippen LogP contribution is 2.17. The molecule has 3 N–H and O–H groups in total. The van der Waals surface area contributed by atoms with Crippen LogP contribution in [0.3, 0.4) is 0 Å². The Bertz CT molecular complexity index is 827. The zero-order chi connectivity index (χ0) is 17.2. The van der Waals surface area contributed by atoms with Crippen LogP contribution in [0.5, 0.6) is 0 Å². The summed E-state index contributed by atoms with van der Waals surface area (Å²) in [6, 6.07) is 11.6. The van der Waals surface area contributed by atoms with E-state index >= 15 is 0 Å². The molecule has 0 radical (unpaired) electrons. The normalized spacial score (nSPS) is 12.7. The molecule has 0 aliphatic carbocycles. The predicted octanol–water partition coefficient (Wildman–Crippen LogP) is 2.44. The van der Waals surface area contributed by atoms with Gasteiger partial charge in [-0.25, -0.2) is 13.6 Å². The molecule has 122 valence electrons. The Hall–Kier alpha value is -2.18. The number of hydrogen-bond donors (Lipinski definition) is 2. The monoisotopic (exact) mass is 332 g/mol. The number of aryl methyl sites for hydroxylation is 2. The van der Waals surface area contributed by atoms with Crippen LogP contribution in [-0.4, -0.2) is 14.3 Å². The van der Waals surface area contributed by atoms with E-state index in [0.29, 0.717) is 5.56 Å². The molecule has 0 bridgehead atoms. The zero-order valence-electron chi connectivity index (χ0n) is 13.3. The Morgan fingerprint density at radius 1 is 1.09 bits per heavy atom. The van der Waals surface area contributed by atoms with Crippen molar-refractivity contribution < 1.29 is 13.2 Å². The second-order valence-electron chi connectivity index (χ2n) is 5.63. The molecular weight excluding hydrogens is 312 g/mol. The van der Waals surface area contributed by atoms with E-state index < -0.39 is 10.0 Å². The molecule has 0 saturated carbocycles. The van der Waals surface area contributed by atoms with E-state index in [0.717, 1.165) is 16.7 Å². The van der Waals surface area contributed by atoms with E-state index in [1.807, 2.05) is 32.9 Å². The van der Waals surface area contributed by atoms with E-state index in [4.69, 9.17) is 5.14 Å². The summed E-state index contributed by atoms with van der Waals surface area (Å²) in [7, 11) is -3.71. The maximum Gasteiger partial charge on any atom is 0.252 e. The second kappa shape index (κ2) is 6.52. The van der Waals surface area contributed by atoms with Gasteiger partial charge in [0.05, 0.1) is 10.9 Å². The number of benzene rings is 2. The Labute approximate surface area is 136 Å². The van der Waals surface area contributed by atoms with Crippen molar-refractivity contribution in [2.45, 2.75) is 31.7 Å². The van der Waals surface area contributed by atoms with Gasteiger partial charge in [0, 0.05) is 5.56 Å². The van der Waals surface area contributed by atoms with Crippen molar-refractivity contribution in [2.75, 3.05) is 0 Å². The van der Waals surface area contributed by atoms with Gasteiger partial charge in [-0.1, -0.05) is 29.8 Å². The number of hydrogen-bond acceptors (Lipinski definition) is 3. The van der Waals surface area contributed by atoms with Gasteiger partial charge in [0.15, 0.2) is 0 Å². The number of carbonyl (C=O) groups excluding carboxylic acids is 1. The molecule has 2 aromatic rings. The van der Waals surface area contributed by atoms with Gasteiger partial charge in [-0.15, -0.1) is 0 Å². The van der Waals surface area contributed by atoms with Crippen LogP contribution in [0.15, 0.2) is 47.4 Å². The van der Waals surface area contributed by atoms with Gasteiger partial charge < -0.3 is 5.32 Å². The summed E-state index contributed by atoms with van der Waals surface area (Å²) in [4.78, 5) is 12.4. The molecule has 0 heterocycles. The highest BCUT2D eigenvalue weighted by molar-refractivity contribution is 7.89. The third-order valence-corrected chi connectivity index (χ3v) is 4.61. The van der Waals surface area contributed by atoms with Crippen LogP contribution >= 0.6 is 0 Å². The van der Waals surface area contributed by atoms with Crippen LogP contribution in [0.2, 0.25) is 0 Å². The number of carbonyl (C=O) groups is 1. The lowest BCUT2D eigenvalue weighted by atomic mass is 10.0. The molecule has 2 rings (SSSR count). The largest absolute Gasteiger partial charge is 0.346 e. The number of primary sulfonamides is 1. The van der Waals surface area contributed by atoms with Crippen molar-refractivity contribution in [3.05, 3.63) is 64.7 Å². The minimum Gasteiger partial charge on any atom is -0.346 e. The molecule has 0 aliphatic rings. The minimum atomic E-state index is -3.71. The van der Waals surface area contributed by atoms with Crippen molar-refractivity contribution in [3.63, 3.8) is 0 Å². The van der Waals surface area contributed by atoms with Crippen LogP contribution < -0.4 is 10.5 Å². The summed E-state index contributed by atoms with van der Waals surface area (Å²) in [5.41, 5.74) is 3.45. The van der Waals surface area contributed by atoms with Crippen LogP contribution in [-0.2, 0) is 10.0 Å². The van der Waals surface area contributed by atoms with E-state index in [-0.39, 0.29) is 16.8 Å². The molecule has 0 fully saturated rings. The first-order valence-electron chi connectivity index (χ1n) is 7.19. The summed E-state index contributed by atoms with van der Waals surface area (Å²) in [6.45, 7) is 5.71. The molecule has 0 aliphatic heterocycles. The van der Waals surface area contributed by atoms with Crippen molar-refractivity contribution in [1.82, 2.24) is 5.32 Å². The smallest absolute Gasteiger partial charge is 0.252 e. The average molecular weight is 332 g/mol. The van der Waals surface area contributed by atoms with E-state index in [2.05, 4.69) is 5.32 Å². The Balaban J connectivity index is 2.15. The van der Waals surface area contributed by atoms with Crippen molar-refractivity contribution in [3.8, 4) is 0 Å². The first-order valence-corrected chi connectivity index (χ1v) is 8.74. The molecular formula is C17H20N2O3S. The molecule has 1 atom stereocenters. The fourth-order valence-electron chi connectivity index (χ4n) is 2.37. The van der Waals surface area contributed by atoms with Crippen molar-refractivity contribution in [1.29, 1.82) is 0 Å². The minimum absolute atomic E-state index is 0.0501. The molecule has 0 spiro atoms. The number of nitrogens with two attached hydrogens (primary N) is 1. The van der Waals surface area contributed by atoms with E-state index in [1.54, 1.807) is 18.2 Å². The average Bonchev–Trinajstić information content (AvgIpc) is 2.46. The third kappa shape index (κ3) is 4.18.